The van der Waals surface area contributed by atoms with Crippen molar-refractivity contribution in [3.05, 3.63) is 41.6 Å². The van der Waals surface area contributed by atoms with E-state index < -0.39 is 0 Å². The summed E-state index contributed by atoms with van der Waals surface area (Å²) in [5.74, 6) is 7.08. The quantitative estimate of drug-likeness (QED) is 0.646. The molecule has 5 nitrogen and oxygen atoms in total. The summed E-state index contributed by atoms with van der Waals surface area (Å²) < 4.78 is 5.23. The lowest BCUT2D eigenvalue weighted by atomic mass is 10.1. The first kappa shape index (κ1) is 14.4. The van der Waals surface area contributed by atoms with Gasteiger partial charge in [-0.1, -0.05) is 38.1 Å². The first-order valence-corrected chi connectivity index (χ1v) is 6.58. The second kappa shape index (κ2) is 6.45. The van der Waals surface area contributed by atoms with Gasteiger partial charge in [-0.15, -0.1) is 0 Å². The van der Waals surface area contributed by atoms with Gasteiger partial charge in [0.15, 0.2) is 5.82 Å². The normalized spacial score (nSPS) is 10.8. The zero-order chi connectivity index (χ0) is 14.5. The Hall–Kier alpha value is -1.98. The van der Waals surface area contributed by atoms with Crippen molar-refractivity contribution >= 4 is 5.82 Å². The molecule has 5 heteroatoms. The largest absolute Gasteiger partial charge is 0.380 e. The van der Waals surface area contributed by atoms with E-state index >= 15 is 0 Å². The van der Waals surface area contributed by atoms with Crippen LogP contribution in [-0.4, -0.2) is 17.1 Å². The maximum atomic E-state index is 5.50. The van der Waals surface area contributed by atoms with Crippen molar-refractivity contribution in [1.29, 1.82) is 0 Å². The van der Waals surface area contributed by atoms with Crippen molar-refractivity contribution in [2.45, 2.75) is 26.4 Å². The lowest BCUT2D eigenvalue weighted by Crippen LogP contribution is -2.11. The number of nitrogens with one attached hydrogen (secondary N) is 1. The number of hydrogen-bond acceptors (Lipinski definition) is 5. The fraction of sp³-hybridized carbons (Fsp3) is 0.333. The van der Waals surface area contributed by atoms with Crippen molar-refractivity contribution in [2.75, 3.05) is 12.5 Å². The van der Waals surface area contributed by atoms with Crippen molar-refractivity contribution in [2.24, 2.45) is 5.84 Å². The Balaban J connectivity index is 2.54. The molecule has 0 aliphatic heterocycles. The Labute approximate surface area is 119 Å². The first-order chi connectivity index (χ1) is 9.65. The molecule has 0 atom stereocenters. The van der Waals surface area contributed by atoms with E-state index in [4.69, 9.17) is 10.6 Å². The van der Waals surface area contributed by atoms with Crippen LogP contribution >= 0.6 is 0 Å². The third kappa shape index (κ3) is 3.12. The highest BCUT2D eigenvalue weighted by molar-refractivity contribution is 5.62. The Morgan fingerprint density at radius 2 is 2.00 bits per heavy atom. The molecule has 0 saturated carbocycles. The monoisotopic (exact) mass is 272 g/mol. The minimum Gasteiger partial charge on any atom is -0.380 e. The molecule has 0 radical (unpaired) electrons. The Bertz CT molecular complexity index is 584. The van der Waals surface area contributed by atoms with Crippen LogP contribution in [0.25, 0.3) is 11.4 Å². The van der Waals surface area contributed by atoms with Gasteiger partial charge in [-0.2, -0.15) is 0 Å². The van der Waals surface area contributed by atoms with E-state index in [9.17, 15) is 0 Å². The second-order valence-electron chi connectivity index (χ2n) is 4.89. The van der Waals surface area contributed by atoms with Crippen LogP contribution in [-0.2, 0) is 11.3 Å². The van der Waals surface area contributed by atoms with Crippen LogP contribution in [0, 0.1) is 0 Å². The van der Waals surface area contributed by atoms with E-state index in [1.807, 2.05) is 30.3 Å². The van der Waals surface area contributed by atoms with Gasteiger partial charge in [0.2, 0.25) is 0 Å². The molecule has 2 aromatic rings. The molecule has 0 aliphatic rings. The topological polar surface area (TPSA) is 73.1 Å². The molecule has 0 bridgehead atoms. The van der Waals surface area contributed by atoms with Crippen molar-refractivity contribution in [3.63, 3.8) is 0 Å². The summed E-state index contributed by atoms with van der Waals surface area (Å²) in [6.45, 7) is 4.71. The van der Waals surface area contributed by atoms with E-state index in [1.165, 1.54) is 0 Å². The average Bonchev–Trinajstić information content (AvgIpc) is 2.47. The number of hydrogen-bond donors (Lipinski definition) is 2. The van der Waals surface area contributed by atoms with Crippen LogP contribution in [0.3, 0.4) is 0 Å². The number of ether oxygens (including phenoxy) is 1. The number of methoxy groups -OCH3 is 1. The molecule has 2 rings (SSSR count). The number of nitrogens with zero attached hydrogens (tertiary/aromatic N) is 2. The van der Waals surface area contributed by atoms with Crippen molar-refractivity contribution < 1.29 is 4.74 Å². The van der Waals surface area contributed by atoms with Gasteiger partial charge in [-0.25, -0.2) is 15.8 Å². The minimum atomic E-state index is 0.304. The summed E-state index contributed by atoms with van der Waals surface area (Å²) in [7, 11) is 1.68. The van der Waals surface area contributed by atoms with Crippen LogP contribution < -0.4 is 11.3 Å². The number of aromatic nitrogens is 2. The minimum absolute atomic E-state index is 0.304. The average molecular weight is 272 g/mol. The van der Waals surface area contributed by atoms with Crippen LogP contribution in [0.2, 0.25) is 0 Å². The number of anilines is 1. The molecule has 0 unspecified atom stereocenters. The SMILES string of the molecule is COCc1ccccc1-c1nc(NN)cc(C(C)C)n1. The third-order valence-corrected chi connectivity index (χ3v) is 3.04. The lowest BCUT2D eigenvalue weighted by Gasteiger charge is -2.12. The molecule has 3 N–H and O–H groups in total. The van der Waals surface area contributed by atoms with Gasteiger partial charge in [0.05, 0.1) is 6.61 Å². The molecule has 0 saturated heterocycles. The first-order valence-electron chi connectivity index (χ1n) is 6.58. The molecule has 0 amide bonds. The summed E-state index contributed by atoms with van der Waals surface area (Å²) in [5, 5.41) is 0. The molecular weight excluding hydrogens is 252 g/mol. The van der Waals surface area contributed by atoms with E-state index in [-0.39, 0.29) is 0 Å². The van der Waals surface area contributed by atoms with Crippen molar-refractivity contribution in [3.8, 4) is 11.4 Å². The summed E-state index contributed by atoms with van der Waals surface area (Å²) in [4.78, 5) is 9.08. The predicted molar refractivity (Wildman–Crippen MR) is 80.1 cm³/mol. The molecule has 1 heterocycles. The van der Waals surface area contributed by atoms with Gasteiger partial charge < -0.3 is 10.2 Å². The Morgan fingerprint density at radius 1 is 1.25 bits per heavy atom. The highest BCUT2D eigenvalue weighted by Gasteiger charge is 2.12. The Kier molecular flexibility index (Phi) is 4.65. The molecule has 106 valence electrons. The fourth-order valence-corrected chi connectivity index (χ4v) is 1.98. The number of rotatable bonds is 5. The summed E-state index contributed by atoms with van der Waals surface area (Å²) >= 11 is 0. The third-order valence-electron chi connectivity index (χ3n) is 3.04. The van der Waals surface area contributed by atoms with E-state index in [1.54, 1.807) is 7.11 Å². The lowest BCUT2D eigenvalue weighted by molar-refractivity contribution is 0.185. The van der Waals surface area contributed by atoms with Crippen LogP contribution in [0.5, 0.6) is 0 Å². The smallest absolute Gasteiger partial charge is 0.162 e. The molecule has 0 aliphatic carbocycles. The van der Waals surface area contributed by atoms with Gasteiger partial charge in [0, 0.05) is 24.4 Å². The predicted octanol–water partition coefficient (Wildman–Crippen LogP) is 2.70. The number of nitrogen functional groups attached to an aromatic ring is 1. The molecule has 20 heavy (non-hydrogen) atoms. The van der Waals surface area contributed by atoms with E-state index in [0.29, 0.717) is 24.2 Å². The van der Waals surface area contributed by atoms with Gasteiger partial charge in [0.25, 0.3) is 0 Å². The summed E-state index contributed by atoms with van der Waals surface area (Å²) in [5.41, 5.74) is 5.58. The maximum Gasteiger partial charge on any atom is 0.162 e. The molecule has 1 aromatic carbocycles. The van der Waals surface area contributed by atoms with Gasteiger partial charge >= 0.3 is 0 Å². The molecule has 0 spiro atoms. The standard InChI is InChI=1S/C15H20N4O/c1-10(2)13-8-14(19-16)18-15(17-13)12-7-5-4-6-11(12)9-20-3/h4-8,10H,9,16H2,1-3H3,(H,17,18,19). The second-order valence-corrected chi connectivity index (χ2v) is 4.89. The van der Waals surface area contributed by atoms with Gasteiger partial charge in [-0.3, -0.25) is 0 Å². The van der Waals surface area contributed by atoms with Crippen LogP contribution in [0.4, 0.5) is 5.82 Å². The molecule has 0 fully saturated rings. The van der Waals surface area contributed by atoms with E-state index in [2.05, 4.69) is 29.2 Å². The summed E-state index contributed by atoms with van der Waals surface area (Å²) in [6, 6.07) is 9.82. The van der Waals surface area contributed by atoms with Gasteiger partial charge in [-0.05, 0) is 11.5 Å². The summed E-state index contributed by atoms with van der Waals surface area (Å²) in [6.07, 6.45) is 0. The van der Waals surface area contributed by atoms with Gasteiger partial charge in [0.1, 0.15) is 5.82 Å². The zero-order valence-electron chi connectivity index (χ0n) is 12.1. The molecule has 1 aromatic heterocycles. The van der Waals surface area contributed by atoms with Crippen LogP contribution in [0.15, 0.2) is 30.3 Å². The number of hydrazine groups is 1. The van der Waals surface area contributed by atoms with Crippen molar-refractivity contribution in [1.82, 2.24) is 9.97 Å². The maximum absolute atomic E-state index is 5.50. The Morgan fingerprint density at radius 3 is 2.65 bits per heavy atom. The highest BCUT2D eigenvalue weighted by atomic mass is 16.5. The zero-order valence-corrected chi connectivity index (χ0v) is 12.1. The number of benzene rings is 1. The highest BCUT2D eigenvalue weighted by Crippen LogP contribution is 2.24. The molecular formula is C15H20N4O. The number of nitrogens with two attached hydrogens (primary N) is 1. The van der Waals surface area contributed by atoms with Crippen LogP contribution in [0.1, 0.15) is 31.0 Å². The van der Waals surface area contributed by atoms with E-state index in [0.717, 1.165) is 16.8 Å². The fourth-order valence-electron chi connectivity index (χ4n) is 1.98.